The minimum absolute atomic E-state index is 0. The second-order valence-corrected chi connectivity index (χ2v) is 5.65. The topological polar surface area (TPSA) is 103 Å². The average Bonchev–Trinajstić information content (AvgIpc) is 3.35. The van der Waals surface area contributed by atoms with Gasteiger partial charge in [0.2, 0.25) is 5.91 Å². The van der Waals surface area contributed by atoms with Crippen LogP contribution in [0, 0.1) is 5.92 Å². The summed E-state index contributed by atoms with van der Waals surface area (Å²) in [5.41, 5.74) is 6.74. The Balaban J connectivity index is 0.00000288. The number of hydrogen-bond donors (Lipinski definition) is 3. The lowest BCUT2D eigenvalue weighted by atomic mass is 10.1. The summed E-state index contributed by atoms with van der Waals surface area (Å²) in [5, 5.41) is 5.46. The molecule has 8 heteroatoms. The van der Waals surface area contributed by atoms with E-state index in [9.17, 15) is 9.59 Å². The molecule has 0 saturated heterocycles. The maximum atomic E-state index is 12.3. The highest BCUT2D eigenvalue weighted by Gasteiger charge is 2.28. The molecule has 0 aromatic heterocycles. The molecule has 7 nitrogen and oxygen atoms in total. The zero-order valence-corrected chi connectivity index (χ0v) is 14.9. The molecule has 4 N–H and O–H groups in total. The van der Waals surface area contributed by atoms with Gasteiger partial charge >= 0.3 is 0 Å². The van der Waals surface area contributed by atoms with Crippen LogP contribution in [0.25, 0.3) is 0 Å². The molecule has 2 amide bonds. The number of nitrogens with two attached hydrogens (primary N) is 1. The van der Waals surface area contributed by atoms with Gasteiger partial charge in [-0.2, -0.15) is 0 Å². The molecule has 1 aliphatic carbocycles. The summed E-state index contributed by atoms with van der Waals surface area (Å²) < 4.78 is 10.5. The van der Waals surface area contributed by atoms with Gasteiger partial charge in [-0.3, -0.25) is 9.59 Å². The molecule has 1 unspecified atom stereocenters. The quantitative estimate of drug-likeness (QED) is 0.687. The molecule has 1 aromatic rings. The maximum Gasteiger partial charge on any atom is 0.251 e. The molecule has 1 fully saturated rings. The van der Waals surface area contributed by atoms with Crippen molar-refractivity contribution < 1.29 is 19.1 Å². The summed E-state index contributed by atoms with van der Waals surface area (Å²) in [4.78, 5) is 23.7. The zero-order valence-electron chi connectivity index (χ0n) is 14.0. The van der Waals surface area contributed by atoms with Crippen LogP contribution in [-0.2, 0) is 4.79 Å². The number of halogens is 1. The van der Waals surface area contributed by atoms with E-state index in [4.69, 9.17) is 15.2 Å². The average molecular weight is 358 g/mol. The number of benzene rings is 1. The van der Waals surface area contributed by atoms with Gasteiger partial charge in [-0.05, 0) is 30.9 Å². The Hall–Kier alpha value is -1.99. The van der Waals surface area contributed by atoms with Crippen molar-refractivity contribution in [2.24, 2.45) is 11.7 Å². The Morgan fingerprint density at radius 1 is 1.29 bits per heavy atom. The second kappa shape index (κ2) is 8.75. The third kappa shape index (κ3) is 5.01. The highest BCUT2D eigenvalue weighted by atomic mass is 35.5. The Morgan fingerprint density at radius 3 is 2.46 bits per heavy atom. The van der Waals surface area contributed by atoms with Crippen LogP contribution >= 0.6 is 12.4 Å². The van der Waals surface area contributed by atoms with Gasteiger partial charge in [0, 0.05) is 25.1 Å². The number of carbonyl (C=O) groups is 2. The summed E-state index contributed by atoms with van der Waals surface area (Å²) in [6.45, 7) is 1.81. The number of ether oxygens (including phenoxy) is 2. The Labute approximate surface area is 147 Å². The van der Waals surface area contributed by atoms with Crippen LogP contribution in [0.15, 0.2) is 12.1 Å². The molecule has 0 aliphatic heterocycles. The fourth-order valence-electron chi connectivity index (χ4n) is 2.38. The van der Waals surface area contributed by atoms with Crippen molar-refractivity contribution in [3.8, 4) is 11.5 Å². The van der Waals surface area contributed by atoms with E-state index in [-0.39, 0.29) is 30.3 Å². The van der Waals surface area contributed by atoms with Crippen LogP contribution in [0.4, 0.5) is 5.69 Å². The van der Waals surface area contributed by atoms with Crippen molar-refractivity contribution in [1.29, 1.82) is 0 Å². The molecule has 1 atom stereocenters. The third-order valence-electron chi connectivity index (χ3n) is 3.78. The maximum absolute atomic E-state index is 12.3. The molecule has 0 radical (unpaired) electrons. The molecule has 24 heavy (non-hydrogen) atoms. The van der Waals surface area contributed by atoms with E-state index in [1.54, 1.807) is 12.1 Å². The van der Waals surface area contributed by atoms with E-state index in [0.29, 0.717) is 35.2 Å². The highest BCUT2D eigenvalue weighted by Crippen LogP contribution is 2.36. The lowest BCUT2D eigenvalue weighted by molar-refractivity contribution is -0.114. The van der Waals surface area contributed by atoms with Gasteiger partial charge in [0.05, 0.1) is 19.9 Å². The first kappa shape index (κ1) is 20.1. The van der Waals surface area contributed by atoms with Crippen LogP contribution in [0.3, 0.4) is 0 Å². The Kier molecular flexibility index (Phi) is 7.31. The monoisotopic (exact) mass is 357 g/mol. The Morgan fingerprint density at radius 2 is 1.96 bits per heavy atom. The van der Waals surface area contributed by atoms with Gasteiger partial charge in [0.15, 0.2) is 11.5 Å². The van der Waals surface area contributed by atoms with Crippen LogP contribution in [0.5, 0.6) is 11.5 Å². The predicted molar refractivity (Wildman–Crippen MR) is 94.1 cm³/mol. The van der Waals surface area contributed by atoms with Gasteiger partial charge in [0.25, 0.3) is 5.91 Å². The molecular weight excluding hydrogens is 334 g/mol. The van der Waals surface area contributed by atoms with Gasteiger partial charge in [-0.25, -0.2) is 0 Å². The van der Waals surface area contributed by atoms with E-state index < -0.39 is 0 Å². The lowest BCUT2D eigenvalue weighted by Crippen LogP contribution is -2.38. The number of carbonyl (C=O) groups excluding carboxylic acids is 2. The first-order chi connectivity index (χ1) is 11.0. The predicted octanol–water partition coefficient (Wildman–Crippen LogP) is 1.55. The number of hydrogen-bond acceptors (Lipinski definition) is 5. The van der Waals surface area contributed by atoms with Crippen LogP contribution in [-0.4, -0.2) is 38.6 Å². The van der Waals surface area contributed by atoms with E-state index >= 15 is 0 Å². The summed E-state index contributed by atoms with van der Waals surface area (Å²) in [5.74, 6) is 0.715. The van der Waals surface area contributed by atoms with Gasteiger partial charge in [0.1, 0.15) is 0 Å². The van der Waals surface area contributed by atoms with E-state index in [2.05, 4.69) is 10.6 Å². The minimum Gasteiger partial charge on any atom is -0.493 e. The van der Waals surface area contributed by atoms with E-state index in [0.717, 1.165) is 12.8 Å². The van der Waals surface area contributed by atoms with Crippen molar-refractivity contribution in [2.75, 3.05) is 26.1 Å². The molecule has 0 bridgehead atoms. The van der Waals surface area contributed by atoms with Gasteiger partial charge < -0.3 is 25.8 Å². The number of methoxy groups -OCH3 is 2. The third-order valence-corrected chi connectivity index (χ3v) is 3.78. The summed E-state index contributed by atoms with van der Waals surface area (Å²) in [7, 11) is 2.94. The normalized spacial score (nSPS) is 14.2. The number of anilines is 1. The van der Waals surface area contributed by atoms with Gasteiger partial charge in [-0.1, -0.05) is 0 Å². The molecule has 0 heterocycles. The molecule has 1 aromatic carbocycles. The first-order valence-corrected chi connectivity index (χ1v) is 7.53. The van der Waals surface area contributed by atoms with Crippen molar-refractivity contribution in [3.63, 3.8) is 0 Å². The van der Waals surface area contributed by atoms with Crippen molar-refractivity contribution in [3.05, 3.63) is 17.7 Å². The van der Waals surface area contributed by atoms with Gasteiger partial charge in [-0.15, -0.1) is 12.4 Å². The standard InChI is InChI=1S/C16H23N3O4.ClH/c1-9(20)19-13-6-11(7-14(22-2)15(13)23-3)16(21)18-8-12(17)10-4-5-10;/h6-7,10,12H,4-5,8,17H2,1-3H3,(H,18,21)(H,19,20);1H. The molecule has 2 rings (SSSR count). The Bertz CT molecular complexity index is 605. The SMILES string of the molecule is COc1cc(C(=O)NCC(N)C2CC2)cc(NC(C)=O)c1OC.Cl. The first-order valence-electron chi connectivity index (χ1n) is 7.53. The number of nitrogens with one attached hydrogen (secondary N) is 2. The van der Waals surface area contributed by atoms with Crippen LogP contribution in [0.1, 0.15) is 30.1 Å². The summed E-state index contributed by atoms with van der Waals surface area (Å²) in [6, 6.07) is 3.11. The fourth-order valence-corrected chi connectivity index (χ4v) is 2.38. The summed E-state index contributed by atoms with van der Waals surface area (Å²) in [6.07, 6.45) is 2.25. The highest BCUT2D eigenvalue weighted by molar-refractivity contribution is 5.99. The smallest absolute Gasteiger partial charge is 0.251 e. The van der Waals surface area contributed by atoms with E-state index in [1.165, 1.54) is 21.1 Å². The van der Waals surface area contributed by atoms with Crippen LogP contribution in [0.2, 0.25) is 0 Å². The van der Waals surface area contributed by atoms with Crippen LogP contribution < -0.4 is 25.8 Å². The largest absolute Gasteiger partial charge is 0.493 e. The van der Waals surface area contributed by atoms with Crippen molar-refractivity contribution in [1.82, 2.24) is 5.32 Å². The number of amides is 2. The fraction of sp³-hybridized carbons (Fsp3) is 0.500. The minimum atomic E-state index is -0.270. The molecule has 0 spiro atoms. The lowest BCUT2D eigenvalue weighted by Gasteiger charge is -2.16. The molecule has 1 aliphatic rings. The zero-order chi connectivity index (χ0) is 17.0. The van der Waals surface area contributed by atoms with E-state index in [1.807, 2.05) is 0 Å². The molecule has 134 valence electrons. The molecule has 1 saturated carbocycles. The summed E-state index contributed by atoms with van der Waals surface area (Å²) >= 11 is 0. The van der Waals surface area contributed by atoms with Crippen molar-refractivity contribution >= 4 is 29.9 Å². The second-order valence-electron chi connectivity index (χ2n) is 5.65. The number of rotatable bonds is 7. The molecular formula is C16H24ClN3O4. The van der Waals surface area contributed by atoms with Crippen molar-refractivity contribution in [2.45, 2.75) is 25.8 Å².